The van der Waals surface area contributed by atoms with Crippen molar-refractivity contribution in [2.24, 2.45) is 0 Å². The summed E-state index contributed by atoms with van der Waals surface area (Å²) >= 11 is 0. The highest BCUT2D eigenvalue weighted by Gasteiger charge is 2.21. The summed E-state index contributed by atoms with van der Waals surface area (Å²) in [6.45, 7) is 9.99. The molecule has 0 unspecified atom stereocenters. The average Bonchev–Trinajstić information content (AvgIpc) is 2.50. The van der Waals surface area contributed by atoms with E-state index in [0.29, 0.717) is 11.4 Å². The van der Waals surface area contributed by atoms with Crippen LogP contribution in [0.3, 0.4) is 0 Å². The van der Waals surface area contributed by atoms with Crippen molar-refractivity contribution in [1.29, 1.82) is 0 Å². The van der Waals surface area contributed by atoms with Crippen LogP contribution in [0.5, 0.6) is 0 Å². The minimum absolute atomic E-state index is 0.132. The summed E-state index contributed by atoms with van der Waals surface area (Å²) < 4.78 is 0. The molecule has 0 atom stereocenters. The van der Waals surface area contributed by atoms with Gasteiger partial charge in [-0.25, -0.2) is 0 Å². The second-order valence-electron chi connectivity index (χ2n) is 6.97. The van der Waals surface area contributed by atoms with E-state index in [9.17, 15) is 9.59 Å². The number of benzene rings is 2. The van der Waals surface area contributed by atoms with Crippen LogP contribution in [0.15, 0.2) is 42.5 Å². The van der Waals surface area contributed by atoms with Crippen LogP contribution in [0, 0.1) is 13.8 Å². The van der Waals surface area contributed by atoms with E-state index < -0.39 is 11.8 Å². The summed E-state index contributed by atoms with van der Waals surface area (Å²) in [6, 6.07) is 13.2. The van der Waals surface area contributed by atoms with Crippen LogP contribution in [-0.2, 0) is 15.0 Å². The van der Waals surface area contributed by atoms with Gasteiger partial charge in [0.05, 0.1) is 0 Å². The number of carbonyl (C=O) groups excluding carboxylic acids is 2. The van der Waals surface area contributed by atoms with Crippen LogP contribution >= 0.6 is 0 Å². The summed E-state index contributed by atoms with van der Waals surface area (Å²) in [7, 11) is 0. The lowest BCUT2D eigenvalue weighted by atomic mass is 9.86. The van der Waals surface area contributed by atoms with Crippen molar-refractivity contribution in [2.45, 2.75) is 40.0 Å². The van der Waals surface area contributed by atoms with Crippen LogP contribution in [-0.4, -0.2) is 11.8 Å². The third-order valence-electron chi connectivity index (χ3n) is 3.91. The Hall–Kier alpha value is -2.62. The number of anilines is 2. The van der Waals surface area contributed by atoms with E-state index in [-0.39, 0.29) is 5.41 Å². The molecule has 0 aliphatic heterocycles. The van der Waals surface area contributed by atoms with E-state index in [1.807, 2.05) is 56.3 Å². The smallest absolute Gasteiger partial charge is 0.314 e. The van der Waals surface area contributed by atoms with Crippen LogP contribution in [0.1, 0.15) is 37.5 Å². The van der Waals surface area contributed by atoms with E-state index in [4.69, 9.17) is 0 Å². The van der Waals surface area contributed by atoms with Crippen LogP contribution in [0.2, 0.25) is 0 Å². The molecule has 24 heavy (non-hydrogen) atoms. The lowest BCUT2D eigenvalue weighted by Crippen LogP contribution is -2.30. The molecule has 2 amide bonds. The minimum atomic E-state index is -0.672. The van der Waals surface area contributed by atoms with Crippen LogP contribution in [0.4, 0.5) is 11.4 Å². The molecule has 2 aromatic carbocycles. The van der Waals surface area contributed by atoms with Crippen molar-refractivity contribution in [3.05, 3.63) is 59.2 Å². The Morgan fingerprint density at radius 1 is 0.792 bits per heavy atom. The summed E-state index contributed by atoms with van der Waals surface area (Å²) in [6.07, 6.45) is 0. The predicted molar refractivity (Wildman–Crippen MR) is 98.3 cm³/mol. The quantitative estimate of drug-likeness (QED) is 0.814. The topological polar surface area (TPSA) is 58.2 Å². The average molecular weight is 324 g/mol. The lowest BCUT2D eigenvalue weighted by Gasteiger charge is -2.22. The van der Waals surface area contributed by atoms with Gasteiger partial charge in [-0.15, -0.1) is 0 Å². The molecule has 0 bridgehead atoms. The maximum atomic E-state index is 12.3. The number of carbonyl (C=O) groups is 2. The van der Waals surface area contributed by atoms with Gasteiger partial charge in [0, 0.05) is 11.4 Å². The fourth-order valence-corrected chi connectivity index (χ4v) is 2.61. The molecule has 2 N–H and O–H groups in total. The van der Waals surface area contributed by atoms with Gasteiger partial charge < -0.3 is 10.6 Å². The zero-order valence-electron chi connectivity index (χ0n) is 14.9. The Morgan fingerprint density at radius 2 is 1.33 bits per heavy atom. The van der Waals surface area contributed by atoms with Gasteiger partial charge in [-0.1, -0.05) is 57.2 Å². The zero-order chi connectivity index (χ0) is 17.9. The molecule has 2 rings (SSSR count). The molecule has 0 saturated carbocycles. The number of hydrogen-bond acceptors (Lipinski definition) is 2. The van der Waals surface area contributed by atoms with Gasteiger partial charge in [0.15, 0.2) is 0 Å². The van der Waals surface area contributed by atoms with Crippen molar-refractivity contribution in [1.82, 2.24) is 0 Å². The zero-order valence-corrected chi connectivity index (χ0v) is 14.9. The van der Waals surface area contributed by atoms with E-state index in [2.05, 4.69) is 31.4 Å². The SMILES string of the molecule is Cc1cccc(C)c1NC(=O)C(=O)Nc1ccccc1C(C)(C)C. The number of para-hydroxylation sites is 2. The molecular formula is C20H24N2O2. The first-order valence-corrected chi connectivity index (χ1v) is 7.98. The first kappa shape index (κ1) is 17.7. The highest BCUT2D eigenvalue weighted by Crippen LogP contribution is 2.29. The fraction of sp³-hybridized carbons (Fsp3) is 0.300. The molecule has 0 heterocycles. The van der Waals surface area contributed by atoms with E-state index >= 15 is 0 Å². The molecule has 126 valence electrons. The highest BCUT2D eigenvalue weighted by atomic mass is 16.2. The van der Waals surface area contributed by atoms with E-state index in [0.717, 1.165) is 16.7 Å². The Balaban J connectivity index is 2.18. The third-order valence-corrected chi connectivity index (χ3v) is 3.91. The van der Waals surface area contributed by atoms with Crippen molar-refractivity contribution in [2.75, 3.05) is 10.6 Å². The van der Waals surface area contributed by atoms with E-state index in [1.54, 1.807) is 0 Å². The van der Waals surface area contributed by atoms with E-state index in [1.165, 1.54) is 0 Å². The Kier molecular flexibility index (Phi) is 5.07. The molecule has 0 aromatic heterocycles. The number of amides is 2. The molecule has 4 nitrogen and oxygen atoms in total. The molecule has 4 heteroatoms. The van der Waals surface area contributed by atoms with Crippen molar-refractivity contribution in [3.8, 4) is 0 Å². The normalized spacial score (nSPS) is 11.0. The molecule has 0 aliphatic rings. The van der Waals surface area contributed by atoms with Gasteiger partial charge >= 0.3 is 11.8 Å². The maximum Gasteiger partial charge on any atom is 0.314 e. The summed E-state index contributed by atoms with van der Waals surface area (Å²) in [5.41, 5.74) is 4.04. The molecule has 0 spiro atoms. The largest absolute Gasteiger partial charge is 0.318 e. The van der Waals surface area contributed by atoms with Crippen molar-refractivity contribution < 1.29 is 9.59 Å². The first-order chi connectivity index (χ1) is 11.2. The van der Waals surface area contributed by atoms with Gasteiger partial charge in [0.2, 0.25) is 0 Å². The van der Waals surface area contributed by atoms with Crippen molar-refractivity contribution in [3.63, 3.8) is 0 Å². The molecular weight excluding hydrogens is 300 g/mol. The molecule has 0 aliphatic carbocycles. The monoisotopic (exact) mass is 324 g/mol. The second-order valence-corrected chi connectivity index (χ2v) is 6.97. The third kappa shape index (κ3) is 4.02. The molecule has 0 saturated heterocycles. The Morgan fingerprint density at radius 3 is 1.92 bits per heavy atom. The van der Waals surface area contributed by atoms with Crippen LogP contribution < -0.4 is 10.6 Å². The molecule has 0 fully saturated rings. The molecule has 0 radical (unpaired) electrons. The van der Waals surface area contributed by atoms with Gasteiger partial charge in [-0.3, -0.25) is 9.59 Å². The molecule has 2 aromatic rings. The second kappa shape index (κ2) is 6.87. The van der Waals surface area contributed by atoms with Gasteiger partial charge in [-0.05, 0) is 42.0 Å². The van der Waals surface area contributed by atoms with Gasteiger partial charge in [0.1, 0.15) is 0 Å². The number of nitrogens with one attached hydrogen (secondary N) is 2. The summed E-state index contributed by atoms with van der Waals surface area (Å²) in [4.78, 5) is 24.6. The highest BCUT2D eigenvalue weighted by molar-refractivity contribution is 6.43. The number of hydrogen-bond donors (Lipinski definition) is 2. The minimum Gasteiger partial charge on any atom is -0.318 e. The first-order valence-electron chi connectivity index (χ1n) is 7.98. The van der Waals surface area contributed by atoms with Gasteiger partial charge in [-0.2, -0.15) is 0 Å². The number of rotatable bonds is 2. The number of aryl methyl sites for hydroxylation is 2. The standard InChI is InChI=1S/C20H24N2O2/c1-13-9-8-10-14(2)17(13)22-19(24)18(23)21-16-12-7-6-11-15(16)20(3,4)5/h6-12H,1-5H3,(H,21,23)(H,22,24). The van der Waals surface area contributed by atoms with Gasteiger partial charge in [0.25, 0.3) is 0 Å². The predicted octanol–water partition coefficient (Wildman–Crippen LogP) is 4.18. The lowest BCUT2D eigenvalue weighted by molar-refractivity contribution is -0.133. The van der Waals surface area contributed by atoms with Crippen molar-refractivity contribution >= 4 is 23.2 Å². The Labute approximate surface area is 143 Å². The summed E-state index contributed by atoms with van der Waals surface area (Å²) in [5, 5.41) is 5.43. The Bertz CT molecular complexity index is 753. The van der Waals surface area contributed by atoms with Crippen LogP contribution in [0.25, 0.3) is 0 Å². The summed E-state index contributed by atoms with van der Waals surface area (Å²) in [5.74, 6) is -1.34. The fourth-order valence-electron chi connectivity index (χ4n) is 2.61. The maximum absolute atomic E-state index is 12.3.